The van der Waals surface area contributed by atoms with Gasteiger partial charge >= 0.3 is 0 Å². The highest BCUT2D eigenvalue weighted by atomic mass is 32.2. The number of ketones is 1. The second-order valence-corrected chi connectivity index (χ2v) is 6.20. The number of rotatable bonds is 3. The van der Waals surface area contributed by atoms with Gasteiger partial charge in [-0.2, -0.15) is 0 Å². The molecule has 0 N–H and O–H groups in total. The van der Waals surface area contributed by atoms with E-state index in [1.54, 1.807) is 11.4 Å². The highest BCUT2D eigenvalue weighted by Gasteiger charge is 2.30. The van der Waals surface area contributed by atoms with Gasteiger partial charge in [-0.05, 0) is 27.7 Å². The molecule has 4 heteroatoms. The lowest BCUT2D eigenvalue weighted by atomic mass is 10.3. The topological polar surface area (TPSA) is 43.4 Å². The third-order valence-electron chi connectivity index (χ3n) is 1.25. The third-order valence-corrected chi connectivity index (χ3v) is 3.00. The summed E-state index contributed by atoms with van der Waals surface area (Å²) in [7, 11) is 1.70. The molecule has 3 nitrogen and oxygen atoms in total. The van der Waals surface area contributed by atoms with E-state index in [9.17, 15) is 9.35 Å². The van der Waals surface area contributed by atoms with Crippen molar-refractivity contribution < 1.29 is 9.35 Å². The predicted octanol–water partition coefficient (Wildman–Crippen LogP) is 0.969. The van der Waals surface area contributed by atoms with E-state index in [0.29, 0.717) is 0 Å². The molecule has 0 fully saturated rings. The van der Waals surface area contributed by atoms with Crippen LogP contribution in [0.15, 0.2) is 0 Å². The van der Waals surface area contributed by atoms with Gasteiger partial charge in [0.15, 0.2) is 0 Å². The van der Waals surface area contributed by atoms with Crippen LogP contribution in [0.4, 0.5) is 0 Å². The number of nitrogens with zero attached hydrogens (tertiary/aromatic N) is 1. The van der Waals surface area contributed by atoms with Crippen molar-refractivity contribution in [3.8, 4) is 0 Å². The van der Waals surface area contributed by atoms with Crippen molar-refractivity contribution in [1.82, 2.24) is 4.31 Å². The van der Waals surface area contributed by atoms with Crippen LogP contribution in [0.3, 0.4) is 0 Å². The van der Waals surface area contributed by atoms with Crippen molar-refractivity contribution in [1.29, 1.82) is 0 Å². The van der Waals surface area contributed by atoms with Crippen LogP contribution in [0.1, 0.15) is 27.7 Å². The average Bonchev–Trinajstić information content (AvgIpc) is 1.82. The van der Waals surface area contributed by atoms with Crippen LogP contribution in [-0.4, -0.2) is 33.0 Å². The Morgan fingerprint density at radius 3 is 2.17 bits per heavy atom. The van der Waals surface area contributed by atoms with Gasteiger partial charge in [-0.15, -0.1) is 4.31 Å². The van der Waals surface area contributed by atoms with E-state index in [2.05, 4.69) is 0 Å². The monoisotopic (exact) mass is 191 g/mol. The van der Waals surface area contributed by atoms with Gasteiger partial charge in [-0.25, -0.2) is 0 Å². The van der Waals surface area contributed by atoms with Crippen molar-refractivity contribution in [2.24, 2.45) is 0 Å². The molecular formula is C8H17NO2S. The standard InChI is InChI=1S/C8H17NO2S/c1-7(10)6-9(5)12(11)8(2,3)4/h6H2,1-5H3/t12-/m0/s1. The Morgan fingerprint density at radius 2 is 1.92 bits per heavy atom. The summed E-state index contributed by atoms with van der Waals surface area (Å²) in [5.41, 5.74) is 0. The summed E-state index contributed by atoms with van der Waals surface area (Å²) in [4.78, 5) is 10.7. The van der Waals surface area contributed by atoms with E-state index in [4.69, 9.17) is 0 Å². The number of carbonyl (C=O) groups excluding carboxylic acids is 1. The maximum Gasteiger partial charge on any atom is 0.148 e. The van der Waals surface area contributed by atoms with Crippen molar-refractivity contribution in [3.63, 3.8) is 0 Å². The van der Waals surface area contributed by atoms with E-state index in [0.717, 1.165) is 0 Å². The number of hydrogen-bond donors (Lipinski definition) is 0. The average molecular weight is 191 g/mol. The zero-order chi connectivity index (χ0) is 9.94. The Labute approximate surface area is 77.4 Å². The van der Waals surface area contributed by atoms with E-state index in [-0.39, 0.29) is 17.1 Å². The fourth-order valence-electron chi connectivity index (χ4n) is 0.840. The lowest BCUT2D eigenvalue weighted by molar-refractivity contribution is -0.117. The second kappa shape index (κ2) is 4.25. The Bertz CT molecular complexity index is 165. The lowest BCUT2D eigenvalue weighted by Crippen LogP contribution is -2.42. The minimum Gasteiger partial charge on any atom is -0.597 e. The minimum atomic E-state index is -1.09. The predicted molar refractivity (Wildman–Crippen MR) is 51.2 cm³/mol. The van der Waals surface area contributed by atoms with Crippen LogP contribution < -0.4 is 0 Å². The summed E-state index contributed by atoms with van der Waals surface area (Å²) in [5.74, 6) is 0.0371. The zero-order valence-electron chi connectivity index (χ0n) is 8.38. The van der Waals surface area contributed by atoms with Crippen molar-refractivity contribution in [3.05, 3.63) is 0 Å². The van der Waals surface area contributed by atoms with Crippen molar-refractivity contribution in [2.45, 2.75) is 32.4 Å². The summed E-state index contributed by atoms with van der Waals surface area (Å²) < 4.78 is 12.9. The number of likely N-dealkylation sites (N-methyl/N-ethyl adjacent to an activating group) is 1. The Hall–Kier alpha value is -0.0600. The first-order valence-corrected chi connectivity index (χ1v) is 4.98. The fourth-order valence-corrected chi connectivity index (χ4v) is 2.07. The van der Waals surface area contributed by atoms with Gasteiger partial charge in [0.25, 0.3) is 0 Å². The van der Waals surface area contributed by atoms with Gasteiger partial charge < -0.3 is 4.55 Å². The van der Waals surface area contributed by atoms with Crippen LogP contribution in [0, 0.1) is 0 Å². The molecule has 0 spiro atoms. The van der Waals surface area contributed by atoms with Crippen LogP contribution in [0.5, 0.6) is 0 Å². The number of carbonyl (C=O) groups is 1. The van der Waals surface area contributed by atoms with Gasteiger partial charge in [-0.1, -0.05) is 0 Å². The lowest BCUT2D eigenvalue weighted by Gasteiger charge is -2.29. The van der Waals surface area contributed by atoms with Gasteiger partial charge in [0, 0.05) is 18.4 Å². The summed E-state index contributed by atoms with van der Waals surface area (Å²) in [6.45, 7) is 7.42. The zero-order valence-corrected chi connectivity index (χ0v) is 9.20. The third kappa shape index (κ3) is 4.09. The van der Waals surface area contributed by atoms with Crippen LogP contribution in [0.2, 0.25) is 0 Å². The largest absolute Gasteiger partial charge is 0.597 e. The van der Waals surface area contributed by atoms with Crippen molar-refractivity contribution >= 4 is 17.1 Å². The van der Waals surface area contributed by atoms with Crippen LogP contribution in [0.25, 0.3) is 0 Å². The molecular weight excluding hydrogens is 174 g/mol. The summed E-state index contributed by atoms with van der Waals surface area (Å²) in [6.07, 6.45) is 0. The maximum atomic E-state index is 11.6. The molecule has 0 heterocycles. The smallest absolute Gasteiger partial charge is 0.148 e. The van der Waals surface area contributed by atoms with Gasteiger partial charge in [-0.3, -0.25) is 4.79 Å². The maximum absolute atomic E-state index is 11.6. The Morgan fingerprint density at radius 1 is 1.50 bits per heavy atom. The van der Waals surface area contributed by atoms with Gasteiger partial charge in [0.2, 0.25) is 0 Å². The molecule has 0 aromatic heterocycles. The SMILES string of the molecule is CC(=O)CN(C)[S@@+]([O-])C(C)(C)C. The van der Waals surface area contributed by atoms with E-state index < -0.39 is 11.4 Å². The molecule has 1 atom stereocenters. The van der Waals surface area contributed by atoms with Gasteiger partial charge in [0.05, 0.1) is 0 Å². The molecule has 72 valence electrons. The van der Waals surface area contributed by atoms with Crippen LogP contribution in [-0.2, 0) is 16.2 Å². The molecule has 0 aromatic rings. The molecule has 0 unspecified atom stereocenters. The molecule has 0 aromatic carbocycles. The van der Waals surface area contributed by atoms with Gasteiger partial charge in [0.1, 0.15) is 17.1 Å². The second-order valence-electron chi connectivity index (χ2n) is 3.85. The Balaban J connectivity index is 4.10. The molecule has 12 heavy (non-hydrogen) atoms. The van der Waals surface area contributed by atoms with Crippen molar-refractivity contribution in [2.75, 3.05) is 13.6 Å². The number of hydrogen-bond acceptors (Lipinski definition) is 3. The molecule has 0 amide bonds. The summed E-state index contributed by atoms with van der Waals surface area (Å²) in [5, 5.41) is 0. The van der Waals surface area contributed by atoms with E-state index in [1.165, 1.54) is 6.92 Å². The molecule has 0 radical (unpaired) electrons. The quantitative estimate of drug-likeness (QED) is 0.624. The Kier molecular flexibility index (Phi) is 4.23. The van der Waals surface area contributed by atoms with E-state index >= 15 is 0 Å². The first-order valence-electron chi connectivity index (χ1n) is 3.87. The molecule has 0 aliphatic carbocycles. The molecule has 0 rings (SSSR count). The van der Waals surface area contributed by atoms with Crippen LogP contribution >= 0.6 is 0 Å². The molecule has 0 saturated carbocycles. The normalized spacial score (nSPS) is 14.9. The summed E-state index contributed by atoms with van der Waals surface area (Å²) >= 11 is -1.09. The first-order chi connectivity index (χ1) is 5.25. The van der Waals surface area contributed by atoms with E-state index in [1.807, 2.05) is 20.8 Å². The minimum absolute atomic E-state index is 0.0371. The highest BCUT2D eigenvalue weighted by molar-refractivity contribution is 7.90. The molecule has 0 saturated heterocycles. The molecule has 0 aliphatic rings. The fraction of sp³-hybridized carbons (Fsp3) is 0.875. The summed E-state index contributed by atoms with van der Waals surface area (Å²) in [6, 6.07) is 0. The number of Topliss-reactive ketones (excluding diaryl/α,β-unsaturated/α-hetero) is 1. The molecule has 0 bridgehead atoms. The molecule has 0 aliphatic heterocycles. The highest BCUT2D eigenvalue weighted by Crippen LogP contribution is 2.18. The first kappa shape index (κ1) is 11.9.